The van der Waals surface area contributed by atoms with Crippen LogP contribution in [0.15, 0.2) is 18.2 Å². The fraction of sp³-hybridized carbons (Fsp3) is 0.562. The lowest BCUT2D eigenvalue weighted by atomic mass is 9.68. The number of amides is 1. The van der Waals surface area contributed by atoms with Gasteiger partial charge in [-0.1, -0.05) is 0 Å². The molecule has 2 heterocycles. The maximum Gasteiger partial charge on any atom is 0.227 e. The van der Waals surface area contributed by atoms with Gasteiger partial charge in [0, 0.05) is 18.5 Å². The molecule has 0 bridgehead atoms. The third-order valence-electron chi connectivity index (χ3n) is 4.86. The Hall–Kier alpha value is -1.75. The predicted octanol–water partition coefficient (Wildman–Crippen LogP) is 1.29. The van der Waals surface area contributed by atoms with Gasteiger partial charge in [0.25, 0.3) is 0 Å². The summed E-state index contributed by atoms with van der Waals surface area (Å²) >= 11 is 0. The van der Waals surface area contributed by atoms with Gasteiger partial charge in [0.15, 0.2) is 0 Å². The summed E-state index contributed by atoms with van der Waals surface area (Å²) in [5.74, 6) is 1.91. The molecule has 3 rings (SSSR count). The van der Waals surface area contributed by atoms with E-state index in [1.54, 1.807) is 14.2 Å². The van der Waals surface area contributed by atoms with E-state index in [1.807, 2.05) is 18.2 Å². The van der Waals surface area contributed by atoms with E-state index in [4.69, 9.17) is 9.47 Å². The number of benzene rings is 1. The molecular weight excluding hydrogens is 268 g/mol. The van der Waals surface area contributed by atoms with Crippen molar-refractivity contribution in [2.75, 3.05) is 33.9 Å². The van der Waals surface area contributed by atoms with Crippen LogP contribution in [0.2, 0.25) is 0 Å². The van der Waals surface area contributed by atoms with E-state index >= 15 is 0 Å². The second-order valence-corrected chi connectivity index (χ2v) is 5.81. The highest BCUT2D eigenvalue weighted by Gasteiger charge is 2.51. The first-order chi connectivity index (χ1) is 10.2. The molecule has 1 amide bonds. The minimum absolute atomic E-state index is 0.177. The Kier molecular flexibility index (Phi) is 3.76. The fourth-order valence-electron chi connectivity index (χ4n) is 3.64. The van der Waals surface area contributed by atoms with Gasteiger partial charge in [0.05, 0.1) is 19.6 Å². The third-order valence-corrected chi connectivity index (χ3v) is 4.86. The zero-order chi connectivity index (χ0) is 14.9. The molecular formula is C16H22N2O3. The average Bonchev–Trinajstić information content (AvgIpc) is 2.84. The summed E-state index contributed by atoms with van der Waals surface area (Å²) in [6.45, 7) is 2.48. The molecule has 114 valence electrons. The number of methoxy groups -OCH3 is 2. The van der Waals surface area contributed by atoms with E-state index in [-0.39, 0.29) is 17.2 Å². The van der Waals surface area contributed by atoms with E-state index in [0.29, 0.717) is 6.54 Å². The van der Waals surface area contributed by atoms with Crippen molar-refractivity contribution in [3.05, 3.63) is 23.8 Å². The minimum Gasteiger partial charge on any atom is -0.497 e. The number of hydrogen-bond acceptors (Lipinski definition) is 4. The first-order valence-electron chi connectivity index (χ1n) is 7.41. The molecule has 2 fully saturated rings. The van der Waals surface area contributed by atoms with Crippen LogP contribution in [0.5, 0.6) is 11.5 Å². The van der Waals surface area contributed by atoms with E-state index < -0.39 is 0 Å². The van der Waals surface area contributed by atoms with Gasteiger partial charge >= 0.3 is 0 Å². The molecule has 5 heteroatoms. The zero-order valence-electron chi connectivity index (χ0n) is 12.6. The van der Waals surface area contributed by atoms with Gasteiger partial charge in [-0.05, 0) is 43.6 Å². The molecule has 1 aromatic carbocycles. The molecule has 0 radical (unpaired) electrons. The van der Waals surface area contributed by atoms with Crippen molar-refractivity contribution in [1.82, 2.24) is 10.6 Å². The van der Waals surface area contributed by atoms with Crippen molar-refractivity contribution >= 4 is 5.91 Å². The molecule has 2 saturated heterocycles. The summed E-state index contributed by atoms with van der Waals surface area (Å²) in [6.07, 6.45) is 1.76. The number of carbonyl (C=O) groups is 1. The summed E-state index contributed by atoms with van der Waals surface area (Å²) in [5.41, 5.74) is 0.828. The van der Waals surface area contributed by atoms with Crippen molar-refractivity contribution in [1.29, 1.82) is 0 Å². The van der Waals surface area contributed by atoms with E-state index in [9.17, 15) is 4.79 Å². The second kappa shape index (κ2) is 5.56. The van der Waals surface area contributed by atoms with E-state index in [2.05, 4.69) is 10.6 Å². The molecule has 1 atom stereocenters. The molecule has 1 spiro atoms. The topological polar surface area (TPSA) is 59.6 Å². The SMILES string of the molecule is COc1cc(OC)cc(C2CNC(=O)C23CCNCC3)c1. The molecule has 0 saturated carbocycles. The number of carbonyl (C=O) groups excluding carboxylic acids is 1. The summed E-state index contributed by atoms with van der Waals surface area (Å²) in [6, 6.07) is 5.91. The fourth-order valence-corrected chi connectivity index (χ4v) is 3.64. The predicted molar refractivity (Wildman–Crippen MR) is 79.8 cm³/mol. The molecule has 1 unspecified atom stereocenters. The van der Waals surface area contributed by atoms with E-state index in [1.165, 1.54) is 0 Å². The molecule has 0 aliphatic carbocycles. The highest BCUT2D eigenvalue weighted by atomic mass is 16.5. The number of piperidine rings is 1. The Morgan fingerprint density at radius 2 is 1.71 bits per heavy atom. The second-order valence-electron chi connectivity index (χ2n) is 5.81. The van der Waals surface area contributed by atoms with Gasteiger partial charge in [-0.2, -0.15) is 0 Å². The van der Waals surface area contributed by atoms with Crippen LogP contribution in [0.4, 0.5) is 0 Å². The van der Waals surface area contributed by atoms with Gasteiger partial charge < -0.3 is 20.1 Å². The smallest absolute Gasteiger partial charge is 0.227 e. The molecule has 0 aromatic heterocycles. The van der Waals surface area contributed by atoms with Crippen molar-refractivity contribution in [3.8, 4) is 11.5 Å². The first kappa shape index (κ1) is 14.2. The van der Waals surface area contributed by atoms with Crippen LogP contribution in [0.3, 0.4) is 0 Å². The lowest BCUT2D eigenvalue weighted by Crippen LogP contribution is -2.44. The standard InChI is InChI=1S/C16H22N2O3/c1-20-12-7-11(8-13(9-12)21-2)14-10-18-15(19)16(14)3-5-17-6-4-16/h7-9,14,17H,3-6,10H2,1-2H3,(H,18,19). The molecule has 2 aliphatic heterocycles. The average molecular weight is 290 g/mol. The molecule has 1 aromatic rings. The summed E-state index contributed by atoms with van der Waals surface area (Å²) in [5, 5.41) is 6.40. The molecule has 2 N–H and O–H groups in total. The third kappa shape index (κ3) is 2.35. The van der Waals surface area contributed by atoms with Crippen LogP contribution >= 0.6 is 0 Å². The zero-order valence-corrected chi connectivity index (χ0v) is 12.6. The maximum atomic E-state index is 12.4. The quantitative estimate of drug-likeness (QED) is 0.880. The van der Waals surface area contributed by atoms with Crippen LogP contribution < -0.4 is 20.1 Å². The summed E-state index contributed by atoms with van der Waals surface area (Å²) in [4.78, 5) is 12.4. The van der Waals surface area contributed by atoms with Crippen LogP contribution in [-0.4, -0.2) is 39.8 Å². The van der Waals surface area contributed by atoms with Gasteiger partial charge in [-0.15, -0.1) is 0 Å². The maximum absolute atomic E-state index is 12.4. The van der Waals surface area contributed by atoms with Crippen LogP contribution in [-0.2, 0) is 4.79 Å². The van der Waals surface area contributed by atoms with Crippen LogP contribution in [0.1, 0.15) is 24.3 Å². The van der Waals surface area contributed by atoms with E-state index in [0.717, 1.165) is 43.0 Å². The Bertz CT molecular complexity index is 516. The molecule has 21 heavy (non-hydrogen) atoms. The minimum atomic E-state index is -0.289. The summed E-state index contributed by atoms with van der Waals surface area (Å²) in [7, 11) is 3.30. The van der Waals surface area contributed by atoms with Gasteiger partial charge in [-0.25, -0.2) is 0 Å². The number of nitrogens with one attached hydrogen (secondary N) is 2. The van der Waals surface area contributed by atoms with Gasteiger partial charge in [0.1, 0.15) is 11.5 Å². The number of rotatable bonds is 3. The van der Waals surface area contributed by atoms with Crippen LogP contribution in [0, 0.1) is 5.41 Å². The van der Waals surface area contributed by atoms with Crippen molar-refractivity contribution < 1.29 is 14.3 Å². The normalized spacial score (nSPS) is 23.9. The monoisotopic (exact) mass is 290 g/mol. The van der Waals surface area contributed by atoms with Crippen molar-refractivity contribution in [2.24, 2.45) is 5.41 Å². The highest BCUT2D eigenvalue weighted by Crippen LogP contribution is 2.47. The number of hydrogen-bond donors (Lipinski definition) is 2. The Morgan fingerprint density at radius 1 is 1.10 bits per heavy atom. The Morgan fingerprint density at radius 3 is 2.29 bits per heavy atom. The van der Waals surface area contributed by atoms with Crippen molar-refractivity contribution in [2.45, 2.75) is 18.8 Å². The van der Waals surface area contributed by atoms with Gasteiger partial charge in [0.2, 0.25) is 5.91 Å². The molecule has 2 aliphatic rings. The van der Waals surface area contributed by atoms with Crippen molar-refractivity contribution in [3.63, 3.8) is 0 Å². The lowest BCUT2D eigenvalue weighted by molar-refractivity contribution is -0.129. The van der Waals surface area contributed by atoms with Crippen LogP contribution in [0.25, 0.3) is 0 Å². The Labute approximate surface area is 125 Å². The summed E-state index contributed by atoms with van der Waals surface area (Å²) < 4.78 is 10.7. The largest absolute Gasteiger partial charge is 0.497 e. The first-order valence-corrected chi connectivity index (χ1v) is 7.41. The lowest BCUT2D eigenvalue weighted by Gasteiger charge is -2.36. The Balaban J connectivity index is 2.00. The number of ether oxygens (including phenoxy) is 2. The van der Waals surface area contributed by atoms with Gasteiger partial charge in [-0.3, -0.25) is 4.79 Å². The highest BCUT2D eigenvalue weighted by molar-refractivity contribution is 5.86. The molecule has 5 nitrogen and oxygen atoms in total.